The van der Waals surface area contributed by atoms with Gasteiger partial charge in [0.05, 0.1) is 21.9 Å². The van der Waals surface area contributed by atoms with Crippen LogP contribution in [0.5, 0.6) is 0 Å². The summed E-state index contributed by atoms with van der Waals surface area (Å²) in [6.07, 6.45) is 2.56. The van der Waals surface area contributed by atoms with E-state index in [1.807, 2.05) is 0 Å². The van der Waals surface area contributed by atoms with Crippen LogP contribution < -0.4 is 10.9 Å². The van der Waals surface area contributed by atoms with Crippen molar-refractivity contribution in [1.29, 1.82) is 0 Å². The van der Waals surface area contributed by atoms with Crippen LogP contribution in [0.15, 0.2) is 35.4 Å². The molecular weight excluding hydrogens is 335 g/mol. The molecule has 1 N–H and O–H groups in total. The van der Waals surface area contributed by atoms with Gasteiger partial charge in [0.15, 0.2) is 0 Å². The highest BCUT2D eigenvalue weighted by Crippen LogP contribution is 2.30. The first-order valence-corrected chi connectivity index (χ1v) is 7.23. The van der Waals surface area contributed by atoms with Crippen LogP contribution in [-0.4, -0.2) is 20.5 Å². The molecule has 0 aliphatic rings. The van der Waals surface area contributed by atoms with Crippen LogP contribution in [0.3, 0.4) is 0 Å². The molecular formula is C12H6Cl2N4O2S. The lowest BCUT2D eigenvalue weighted by molar-refractivity contribution is 0.103. The van der Waals surface area contributed by atoms with Gasteiger partial charge in [0.1, 0.15) is 11.1 Å². The third kappa shape index (κ3) is 2.76. The van der Waals surface area contributed by atoms with E-state index in [-0.39, 0.29) is 10.9 Å². The van der Waals surface area contributed by atoms with Crippen molar-refractivity contribution in [3.8, 4) is 0 Å². The van der Waals surface area contributed by atoms with E-state index < -0.39 is 5.56 Å². The first kappa shape index (κ1) is 14.0. The number of carbonyl (C=O) groups is 1. The molecule has 0 aliphatic heterocycles. The topological polar surface area (TPSA) is 76.4 Å². The minimum Gasteiger partial charge on any atom is -0.320 e. The molecule has 9 heteroatoms. The number of fused-ring (bicyclic) bond motifs is 1. The Morgan fingerprint density at radius 3 is 2.95 bits per heavy atom. The maximum absolute atomic E-state index is 12.2. The number of carbonyl (C=O) groups excluding carboxylic acids is 1. The Labute approximate surface area is 132 Å². The second-order valence-electron chi connectivity index (χ2n) is 3.97. The van der Waals surface area contributed by atoms with E-state index in [4.69, 9.17) is 23.2 Å². The minimum atomic E-state index is -0.457. The Morgan fingerprint density at radius 2 is 2.14 bits per heavy atom. The molecule has 0 saturated heterocycles. The maximum atomic E-state index is 12.2. The predicted octanol–water partition coefficient (Wildman–Crippen LogP) is 2.71. The summed E-state index contributed by atoms with van der Waals surface area (Å²) >= 11 is 12.9. The highest BCUT2D eigenvalue weighted by Gasteiger charge is 2.14. The van der Waals surface area contributed by atoms with Gasteiger partial charge in [-0.15, -0.1) is 0 Å². The van der Waals surface area contributed by atoms with Crippen LogP contribution in [0, 0.1) is 0 Å². The molecule has 2 heterocycles. The average molecular weight is 341 g/mol. The summed E-state index contributed by atoms with van der Waals surface area (Å²) in [5, 5.41) is 7.11. The number of benzene rings is 1. The average Bonchev–Trinajstić information content (AvgIpc) is 2.87. The summed E-state index contributed by atoms with van der Waals surface area (Å²) < 4.78 is 1.36. The van der Waals surface area contributed by atoms with Crippen LogP contribution in [0.2, 0.25) is 10.0 Å². The molecule has 21 heavy (non-hydrogen) atoms. The highest BCUT2D eigenvalue weighted by atomic mass is 35.5. The summed E-state index contributed by atoms with van der Waals surface area (Å²) in [5.74, 6) is -0.385. The Morgan fingerprint density at radius 1 is 1.33 bits per heavy atom. The molecule has 0 unspecified atom stereocenters. The summed E-state index contributed by atoms with van der Waals surface area (Å²) in [6.45, 7) is 0. The molecule has 0 radical (unpaired) electrons. The quantitative estimate of drug-likeness (QED) is 0.778. The second-order valence-corrected chi connectivity index (χ2v) is 5.77. The maximum Gasteiger partial charge on any atom is 0.292 e. The van der Waals surface area contributed by atoms with E-state index >= 15 is 0 Å². The number of nitrogens with one attached hydrogen (secondary N) is 1. The number of hydrogen-bond donors (Lipinski definition) is 1. The van der Waals surface area contributed by atoms with E-state index in [0.717, 1.165) is 17.5 Å². The van der Waals surface area contributed by atoms with Gasteiger partial charge < -0.3 is 5.32 Å². The van der Waals surface area contributed by atoms with Crippen LogP contribution in [0.4, 0.5) is 5.69 Å². The van der Waals surface area contributed by atoms with Gasteiger partial charge in [-0.2, -0.15) is 10.1 Å². The number of rotatable bonds is 2. The van der Waals surface area contributed by atoms with E-state index in [9.17, 15) is 9.59 Å². The second kappa shape index (κ2) is 5.44. The zero-order valence-electron chi connectivity index (χ0n) is 10.2. The number of anilines is 1. The summed E-state index contributed by atoms with van der Waals surface area (Å²) in [5.41, 5.74) is -0.0521. The van der Waals surface area contributed by atoms with Crippen molar-refractivity contribution >= 4 is 51.1 Å². The molecule has 0 spiro atoms. The number of thiazole rings is 1. The Hall–Kier alpha value is -1.96. The number of hydrogen-bond acceptors (Lipinski definition) is 5. The van der Waals surface area contributed by atoms with Crippen molar-refractivity contribution in [3.05, 3.63) is 55.9 Å². The lowest BCUT2D eigenvalue weighted by Crippen LogP contribution is -2.10. The molecule has 1 amide bonds. The normalized spacial score (nSPS) is 10.8. The molecule has 0 atom stereocenters. The van der Waals surface area contributed by atoms with E-state index in [1.165, 1.54) is 10.7 Å². The Bertz CT molecular complexity index is 906. The summed E-state index contributed by atoms with van der Waals surface area (Å²) in [4.78, 5) is 27.7. The molecule has 0 bridgehead atoms. The van der Waals surface area contributed by atoms with E-state index in [0.29, 0.717) is 20.5 Å². The van der Waals surface area contributed by atoms with Crippen molar-refractivity contribution < 1.29 is 4.79 Å². The fraction of sp³-hybridized carbons (Fsp3) is 0. The zero-order valence-corrected chi connectivity index (χ0v) is 12.5. The van der Waals surface area contributed by atoms with Gasteiger partial charge >= 0.3 is 0 Å². The highest BCUT2D eigenvalue weighted by molar-refractivity contribution is 7.18. The summed E-state index contributed by atoms with van der Waals surface area (Å²) in [6, 6.07) is 4.94. The van der Waals surface area contributed by atoms with Gasteiger partial charge in [0, 0.05) is 0 Å². The van der Waals surface area contributed by atoms with Crippen LogP contribution in [0.25, 0.3) is 4.96 Å². The molecule has 2 aromatic heterocycles. The van der Waals surface area contributed by atoms with E-state index in [2.05, 4.69) is 15.4 Å². The molecule has 0 saturated carbocycles. The van der Waals surface area contributed by atoms with E-state index in [1.54, 1.807) is 18.2 Å². The number of halogens is 2. The monoisotopic (exact) mass is 340 g/mol. The van der Waals surface area contributed by atoms with Crippen molar-refractivity contribution in [2.24, 2.45) is 0 Å². The first-order chi connectivity index (χ1) is 10.0. The smallest absolute Gasteiger partial charge is 0.292 e. The van der Waals surface area contributed by atoms with Crippen molar-refractivity contribution in [1.82, 2.24) is 14.6 Å². The van der Waals surface area contributed by atoms with Gasteiger partial charge in [0.2, 0.25) is 4.96 Å². The molecule has 3 aromatic rings. The zero-order chi connectivity index (χ0) is 15.0. The minimum absolute atomic E-state index is 0.263. The molecule has 106 valence electrons. The van der Waals surface area contributed by atoms with Crippen LogP contribution >= 0.6 is 34.5 Å². The van der Waals surface area contributed by atoms with Crippen molar-refractivity contribution in [3.63, 3.8) is 0 Å². The largest absolute Gasteiger partial charge is 0.320 e. The van der Waals surface area contributed by atoms with Gasteiger partial charge in [-0.3, -0.25) is 9.59 Å². The molecule has 6 nitrogen and oxygen atoms in total. The van der Waals surface area contributed by atoms with Crippen molar-refractivity contribution in [2.45, 2.75) is 0 Å². The lowest BCUT2D eigenvalue weighted by Gasteiger charge is -2.06. The van der Waals surface area contributed by atoms with Gasteiger partial charge in [-0.1, -0.05) is 40.6 Å². The molecule has 0 aliphatic carbocycles. The fourth-order valence-electron chi connectivity index (χ4n) is 1.62. The van der Waals surface area contributed by atoms with Gasteiger partial charge in [-0.05, 0) is 12.1 Å². The van der Waals surface area contributed by atoms with Gasteiger partial charge in [0.25, 0.3) is 11.5 Å². The molecule has 1 aromatic carbocycles. The summed E-state index contributed by atoms with van der Waals surface area (Å²) in [7, 11) is 0. The molecule has 3 rings (SSSR count). The first-order valence-electron chi connectivity index (χ1n) is 5.65. The number of amides is 1. The Balaban J connectivity index is 1.93. The Kier molecular flexibility index (Phi) is 3.62. The van der Waals surface area contributed by atoms with Gasteiger partial charge in [-0.25, -0.2) is 4.52 Å². The fourth-order valence-corrected chi connectivity index (χ4v) is 2.79. The lowest BCUT2D eigenvalue weighted by atomic mass is 10.3. The third-order valence-corrected chi connectivity index (χ3v) is 4.35. The number of nitrogens with zero attached hydrogens (tertiary/aromatic N) is 3. The SMILES string of the molecule is O=C(Nc1cccc(Cl)c1Cl)c1cn2ncc(=O)nc2s1. The third-order valence-electron chi connectivity index (χ3n) is 2.56. The number of aromatic nitrogens is 3. The predicted molar refractivity (Wildman–Crippen MR) is 81.5 cm³/mol. The van der Waals surface area contributed by atoms with Crippen LogP contribution in [0.1, 0.15) is 9.67 Å². The van der Waals surface area contributed by atoms with Crippen molar-refractivity contribution in [2.75, 3.05) is 5.32 Å². The molecule has 0 fully saturated rings. The standard InChI is InChI=1S/C12H6Cl2N4O2S/c13-6-2-1-3-7(10(6)14)16-11(20)8-5-18-12(21-8)17-9(19)4-15-18/h1-5H,(H,16,20). The van der Waals surface area contributed by atoms with Crippen LogP contribution in [-0.2, 0) is 0 Å².